The Bertz CT molecular complexity index is 442. The largest absolute Gasteiger partial charge is 0.415 e. The smallest absolute Gasteiger partial charge is 0.401 e. The van der Waals surface area contributed by atoms with Gasteiger partial charge in [-0.3, -0.25) is 0 Å². The number of aromatic nitrogens is 1. The standard InChI is InChI=1S/C9H7ClN2O2/c10-6-3-1-2-4-7(6)14-9-12-8(11)5-13-9/h1-5H,11H2. The summed E-state index contributed by atoms with van der Waals surface area (Å²) in [4.78, 5) is 3.78. The summed E-state index contributed by atoms with van der Waals surface area (Å²) in [6, 6.07) is 7.03. The third-order valence-electron chi connectivity index (χ3n) is 1.53. The molecular weight excluding hydrogens is 204 g/mol. The second-order valence-corrected chi connectivity index (χ2v) is 2.98. The first kappa shape index (κ1) is 8.90. The molecule has 1 aromatic heterocycles. The third kappa shape index (κ3) is 1.80. The van der Waals surface area contributed by atoms with E-state index in [1.807, 2.05) is 0 Å². The van der Waals surface area contributed by atoms with Gasteiger partial charge in [0.15, 0.2) is 11.6 Å². The van der Waals surface area contributed by atoms with Crippen molar-refractivity contribution in [1.29, 1.82) is 0 Å². The van der Waals surface area contributed by atoms with E-state index in [0.29, 0.717) is 10.8 Å². The van der Waals surface area contributed by atoms with Crippen LogP contribution < -0.4 is 10.5 Å². The molecule has 5 heteroatoms. The molecule has 0 spiro atoms. The minimum Gasteiger partial charge on any atom is -0.415 e. The molecule has 0 unspecified atom stereocenters. The van der Waals surface area contributed by atoms with Crippen LogP contribution >= 0.6 is 11.6 Å². The summed E-state index contributed by atoms with van der Waals surface area (Å²) in [5, 5.41) is 0.490. The number of rotatable bonds is 2. The Kier molecular flexibility index (Phi) is 2.28. The van der Waals surface area contributed by atoms with Crippen molar-refractivity contribution in [2.75, 3.05) is 5.73 Å². The Balaban J connectivity index is 2.23. The van der Waals surface area contributed by atoms with Crippen LogP contribution in [0.1, 0.15) is 0 Å². The lowest BCUT2D eigenvalue weighted by Crippen LogP contribution is -1.86. The van der Waals surface area contributed by atoms with Crippen LogP contribution in [0, 0.1) is 0 Å². The molecule has 1 heterocycles. The van der Waals surface area contributed by atoms with E-state index in [9.17, 15) is 0 Å². The van der Waals surface area contributed by atoms with Gasteiger partial charge in [0.05, 0.1) is 5.02 Å². The maximum atomic E-state index is 5.86. The zero-order valence-corrected chi connectivity index (χ0v) is 7.86. The summed E-state index contributed by atoms with van der Waals surface area (Å²) < 4.78 is 10.1. The molecule has 0 radical (unpaired) electrons. The second-order valence-electron chi connectivity index (χ2n) is 2.57. The van der Waals surface area contributed by atoms with Crippen LogP contribution in [0.15, 0.2) is 34.9 Å². The molecular formula is C9H7ClN2O2. The molecule has 2 rings (SSSR count). The number of para-hydroxylation sites is 1. The highest BCUT2D eigenvalue weighted by Crippen LogP contribution is 2.28. The highest BCUT2D eigenvalue weighted by atomic mass is 35.5. The number of benzene rings is 1. The Morgan fingerprint density at radius 1 is 1.36 bits per heavy atom. The lowest BCUT2D eigenvalue weighted by Gasteiger charge is -2.01. The predicted octanol–water partition coefficient (Wildman–Crippen LogP) is 2.70. The quantitative estimate of drug-likeness (QED) is 0.828. The Morgan fingerprint density at radius 2 is 2.14 bits per heavy atom. The predicted molar refractivity (Wildman–Crippen MR) is 52.4 cm³/mol. The van der Waals surface area contributed by atoms with Gasteiger partial charge in [-0.15, -0.1) is 0 Å². The fourth-order valence-electron chi connectivity index (χ4n) is 0.937. The normalized spacial score (nSPS) is 10.1. The average Bonchev–Trinajstić information content (AvgIpc) is 2.56. The van der Waals surface area contributed by atoms with Crippen molar-refractivity contribution < 1.29 is 9.15 Å². The number of ether oxygens (including phenoxy) is 1. The highest BCUT2D eigenvalue weighted by molar-refractivity contribution is 6.32. The molecule has 0 amide bonds. The topological polar surface area (TPSA) is 61.3 Å². The van der Waals surface area contributed by atoms with Crippen LogP contribution in [0.4, 0.5) is 5.82 Å². The van der Waals surface area contributed by atoms with Gasteiger partial charge in [0.2, 0.25) is 0 Å². The van der Waals surface area contributed by atoms with Crippen LogP contribution in [0.3, 0.4) is 0 Å². The molecule has 2 aromatic rings. The molecule has 72 valence electrons. The molecule has 0 aliphatic heterocycles. The van der Waals surface area contributed by atoms with Crippen LogP contribution in [0.5, 0.6) is 11.8 Å². The zero-order valence-electron chi connectivity index (χ0n) is 7.11. The third-order valence-corrected chi connectivity index (χ3v) is 1.85. The van der Waals surface area contributed by atoms with E-state index in [4.69, 9.17) is 26.5 Å². The van der Waals surface area contributed by atoms with Gasteiger partial charge in [-0.05, 0) is 12.1 Å². The molecule has 0 saturated heterocycles. The van der Waals surface area contributed by atoms with Gasteiger partial charge in [-0.2, -0.15) is 4.98 Å². The van der Waals surface area contributed by atoms with E-state index < -0.39 is 0 Å². The number of nitrogens with two attached hydrogens (primary N) is 1. The van der Waals surface area contributed by atoms with Crippen molar-refractivity contribution in [3.05, 3.63) is 35.6 Å². The molecule has 2 N–H and O–H groups in total. The highest BCUT2D eigenvalue weighted by Gasteiger charge is 2.06. The van der Waals surface area contributed by atoms with Gasteiger partial charge < -0.3 is 14.9 Å². The van der Waals surface area contributed by atoms with Crippen molar-refractivity contribution in [3.63, 3.8) is 0 Å². The van der Waals surface area contributed by atoms with E-state index in [-0.39, 0.29) is 11.9 Å². The summed E-state index contributed by atoms with van der Waals surface area (Å²) in [6.07, 6.45) is 1.38. The van der Waals surface area contributed by atoms with Crippen molar-refractivity contribution in [2.24, 2.45) is 0 Å². The van der Waals surface area contributed by atoms with Gasteiger partial charge in [-0.25, -0.2) is 0 Å². The Morgan fingerprint density at radius 3 is 2.79 bits per heavy atom. The monoisotopic (exact) mass is 210 g/mol. The van der Waals surface area contributed by atoms with Gasteiger partial charge in [0.1, 0.15) is 6.26 Å². The maximum Gasteiger partial charge on any atom is 0.401 e. The van der Waals surface area contributed by atoms with Gasteiger partial charge >= 0.3 is 6.08 Å². The average molecular weight is 211 g/mol. The van der Waals surface area contributed by atoms with Crippen molar-refractivity contribution in [3.8, 4) is 11.8 Å². The number of anilines is 1. The molecule has 0 aliphatic rings. The lowest BCUT2D eigenvalue weighted by molar-refractivity contribution is 0.331. The van der Waals surface area contributed by atoms with Crippen LogP contribution in [0.25, 0.3) is 0 Å². The summed E-state index contributed by atoms with van der Waals surface area (Å²) in [5.41, 5.74) is 5.35. The first-order chi connectivity index (χ1) is 6.75. The minimum atomic E-state index is 0.0793. The van der Waals surface area contributed by atoms with E-state index in [2.05, 4.69) is 4.98 Å². The summed E-state index contributed by atoms with van der Waals surface area (Å²) in [7, 11) is 0. The number of nitrogens with zero attached hydrogens (tertiary/aromatic N) is 1. The molecule has 0 bridgehead atoms. The number of oxazole rings is 1. The van der Waals surface area contributed by atoms with Crippen molar-refractivity contribution in [1.82, 2.24) is 4.98 Å². The SMILES string of the molecule is Nc1coc(Oc2ccccc2Cl)n1. The summed E-state index contributed by atoms with van der Waals surface area (Å²) in [5.74, 6) is 0.753. The minimum absolute atomic E-state index is 0.0793. The molecule has 0 aliphatic carbocycles. The molecule has 14 heavy (non-hydrogen) atoms. The van der Waals surface area contributed by atoms with Crippen LogP contribution in [-0.2, 0) is 0 Å². The fourth-order valence-corrected chi connectivity index (χ4v) is 1.11. The first-order valence-corrected chi connectivity index (χ1v) is 4.27. The summed E-state index contributed by atoms with van der Waals surface area (Å²) in [6.45, 7) is 0. The summed E-state index contributed by atoms with van der Waals surface area (Å²) >= 11 is 5.86. The molecule has 0 fully saturated rings. The van der Waals surface area contributed by atoms with E-state index in [0.717, 1.165) is 0 Å². The van der Waals surface area contributed by atoms with Crippen LogP contribution in [0.2, 0.25) is 5.02 Å². The number of hydrogen-bond donors (Lipinski definition) is 1. The fraction of sp³-hybridized carbons (Fsp3) is 0. The Labute approximate surface area is 85.3 Å². The van der Waals surface area contributed by atoms with Crippen molar-refractivity contribution in [2.45, 2.75) is 0 Å². The van der Waals surface area contributed by atoms with Crippen LogP contribution in [-0.4, -0.2) is 4.98 Å². The molecule has 4 nitrogen and oxygen atoms in total. The first-order valence-electron chi connectivity index (χ1n) is 3.89. The molecule has 0 saturated carbocycles. The van der Waals surface area contributed by atoms with Gasteiger partial charge in [0, 0.05) is 0 Å². The number of hydrogen-bond acceptors (Lipinski definition) is 4. The Hall–Kier alpha value is -1.68. The zero-order chi connectivity index (χ0) is 9.97. The molecule has 1 aromatic carbocycles. The van der Waals surface area contributed by atoms with E-state index in [1.54, 1.807) is 24.3 Å². The second kappa shape index (κ2) is 3.59. The van der Waals surface area contributed by atoms with Gasteiger partial charge in [-0.1, -0.05) is 23.7 Å². The van der Waals surface area contributed by atoms with E-state index >= 15 is 0 Å². The number of halogens is 1. The number of nitrogen functional groups attached to an aromatic ring is 1. The van der Waals surface area contributed by atoms with Gasteiger partial charge in [0.25, 0.3) is 0 Å². The van der Waals surface area contributed by atoms with Crippen molar-refractivity contribution >= 4 is 17.4 Å². The van der Waals surface area contributed by atoms with E-state index in [1.165, 1.54) is 6.26 Å². The maximum absolute atomic E-state index is 5.86. The lowest BCUT2D eigenvalue weighted by atomic mass is 10.3. The molecule has 0 atom stereocenters.